The average Bonchev–Trinajstić information content (AvgIpc) is 2.16. The molecule has 0 aromatic heterocycles. The molecule has 1 aromatic rings. The summed E-state index contributed by atoms with van der Waals surface area (Å²) in [6.07, 6.45) is -5.65. The number of hydrogen-bond acceptors (Lipinski definition) is 0. The van der Waals surface area contributed by atoms with Crippen molar-refractivity contribution in [3.8, 4) is 0 Å². The van der Waals surface area contributed by atoms with E-state index in [1.165, 1.54) is 0 Å². The molecule has 0 bridgehead atoms. The normalized spacial score (nSPS) is 12.3. The molecule has 1 aromatic carbocycles. The molecule has 0 aliphatic rings. The van der Waals surface area contributed by atoms with E-state index in [1.807, 2.05) is 0 Å². The summed E-state index contributed by atoms with van der Waals surface area (Å²) in [6.45, 7) is 6.50. The molecule has 0 fully saturated rings. The Morgan fingerprint density at radius 3 is 2.13 bits per heavy atom. The number of rotatable bonds is 1. The van der Waals surface area contributed by atoms with Crippen molar-refractivity contribution in [1.29, 1.82) is 0 Å². The van der Waals surface area contributed by atoms with Gasteiger partial charge in [-0.3, -0.25) is 0 Å². The lowest BCUT2D eigenvalue weighted by molar-refractivity contribution is -0.289. The molecule has 6 heteroatoms. The Hall–Kier alpha value is -1.64. The Morgan fingerprint density at radius 2 is 1.67 bits per heavy atom. The van der Waals surface area contributed by atoms with Crippen molar-refractivity contribution >= 4 is 5.69 Å². The van der Waals surface area contributed by atoms with Crippen LogP contribution in [-0.4, -0.2) is 6.18 Å². The molecule has 15 heavy (non-hydrogen) atoms. The largest absolute Gasteiger partial charge is 0.457 e. The first-order chi connectivity index (χ1) is 6.79. The molecule has 0 saturated heterocycles. The van der Waals surface area contributed by atoms with Gasteiger partial charge in [0.25, 0.3) is 0 Å². The van der Waals surface area contributed by atoms with Gasteiger partial charge in [-0.25, -0.2) is 4.85 Å². The number of halogens is 5. The first-order valence-corrected chi connectivity index (χ1v) is 3.71. The molecule has 0 saturated carbocycles. The lowest BCUT2D eigenvalue weighted by Crippen LogP contribution is -2.33. The van der Waals surface area contributed by atoms with Gasteiger partial charge in [-0.05, 0) is 6.07 Å². The van der Waals surface area contributed by atoms with Crippen LogP contribution in [-0.2, 0) is 5.92 Å². The van der Waals surface area contributed by atoms with Crippen LogP contribution in [0.5, 0.6) is 0 Å². The van der Waals surface area contributed by atoms with Crippen molar-refractivity contribution in [3.05, 3.63) is 41.2 Å². The summed E-state index contributed by atoms with van der Waals surface area (Å²) >= 11 is 0. The Balaban J connectivity index is 3.23. The van der Waals surface area contributed by atoms with Crippen LogP contribution in [0.15, 0.2) is 24.3 Å². The summed E-state index contributed by atoms with van der Waals surface area (Å²) in [4.78, 5) is 2.78. The van der Waals surface area contributed by atoms with E-state index in [0.717, 1.165) is 12.1 Å². The summed E-state index contributed by atoms with van der Waals surface area (Å²) in [7, 11) is 0. The molecule has 0 heterocycles. The average molecular weight is 221 g/mol. The van der Waals surface area contributed by atoms with Gasteiger partial charge >= 0.3 is 12.1 Å². The van der Waals surface area contributed by atoms with Gasteiger partial charge in [-0.15, -0.1) is 0 Å². The standard InChI is InChI=1S/C9H4F5N/c1-15-7-4-2-3-6(5-7)8(10,11)9(12,13)14/h2-5H. The second-order valence-corrected chi connectivity index (χ2v) is 2.73. The van der Waals surface area contributed by atoms with Gasteiger partial charge in [-0.1, -0.05) is 18.2 Å². The number of benzene rings is 1. The highest BCUT2D eigenvalue weighted by molar-refractivity contribution is 5.47. The van der Waals surface area contributed by atoms with Gasteiger partial charge in [0.1, 0.15) is 0 Å². The van der Waals surface area contributed by atoms with Crippen LogP contribution in [0.4, 0.5) is 27.6 Å². The molecule has 0 unspecified atom stereocenters. The van der Waals surface area contributed by atoms with Gasteiger partial charge in [0, 0.05) is 5.56 Å². The molecule has 0 amide bonds. The van der Waals surface area contributed by atoms with Crippen molar-refractivity contribution in [2.45, 2.75) is 12.1 Å². The minimum Gasteiger partial charge on any atom is -0.238 e. The second kappa shape index (κ2) is 3.50. The van der Waals surface area contributed by atoms with E-state index in [4.69, 9.17) is 6.57 Å². The van der Waals surface area contributed by atoms with E-state index in [-0.39, 0.29) is 5.69 Å². The summed E-state index contributed by atoms with van der Waals surface area (Å²) in [5.41, 5.74) is -1.47. The minimum absolute atomic E-state index is 0.253. The van der Waals surface area contributed by atoms with E-state index >= 15 is 0 Å². The zero-order valence-electron chi connectivity index (χ0n) is 7.15. The number of alkyl halides is 5. The highest BCUT2D eigenvalue weighted by Gasteiger charge is 2.58. The summed E-state index contributed by atoms with van der Waals surface area (Å²) < 4.78 is 61.3. The predicted molar refractivity (Wildman–Crippen MR) is 42.7 cm³/mol. The van der Waals surface area contributed by atoms with E-state index in [0.29, 0.717) is 12.1 Å². The molecule has 0 N–H and O–H groups in total. The lowest BCUT2D eigenvalue weighted by Gasteiger charge is -2.19. The molecule has 80 valence electrons. The van der Waals surface area contributed by atoms with Crippen molar-refractivity contribution in [1.82, 2.24) is 0 Å². The maximum atomic E-state index is 12.8. The fourth-order valence-corrected chi connectivity index (χ4v) is 0.934. The van der Waals surface area contributed by atoms with Crippen LogP contribution in [0.1, 0.15) is 5.56 Å². The van der Waals surface area contributed by atoms with Crippen LogP contribution in [0.3, 0.4) is 0 Å². The molecular formula is C9H4F5N. The quantitative estimate of drug-likeness (QED) is 0.500. The molecule has 1 rings (SSSR count). The molecule has 0 radical (unpaired) electrons. The third-order valence-electron chi connectivity index (χ3n) is 1.69. The van der Waals surface area contributed by atoms with E-state index in [9.17, 15) is 22.0 Å². The van der Waals surface area contributed by atoms with Crippen molar-refractivity contribution in [3.63, 3.8) is 0 Å². The Morgan fingerprint density at radius 1 is 1.07 bits per heavy atom. The van der Waals surface area contributed by atoms with Gasteiger partial charge < -0.3 is 0 Å². The van der Waals surface area contributed by atoms with Crippen LogP contribution in [0, 0.1) is 6.57 Å². The fourth-order valence-electron chi connectivity index (χ4n) is 0.934. The van der Waals surface area contributed by atoms with Crippen molar-refractivity contribution in [2.24, 2.45) is 0 Å². The predicted octanol–water partition coefficient (Wildman–Crippen LogP) is 3.89. The van der Waals surface area contributed by atoms with E-state index < -0.39 is 17.7 Å². The third kappa shape index (κ3) is 2.06. The van der Waals surface area contributed by atoms with Crippen LogP contribution < -0.4 is 0 Å². The van der Waals surface area contributed by atoms with E-state index in [2.05, 4.69) is 4.85 Å². The highest BCUT2D eigenvalue weighted by Crippen LogP contribution is 2.44. The Bertz CT molecular complexity index is 402. The van der Waals surface area contributed by atoms with Gasteiger partial charge in [0.2, 0.25) is 0 Å². The second-order valence-electron chi connectivity index (χ2n) is 2.73. The lowest BCUT2D eigenvalue weighted by atomic mass is 10.1. The molecule has 1 nitrogen and oxygen atoms in total. The highest BCUT2D eigenvalue weighted by atomic mass is 19.4. The van der Waals surface area contributed by atoms with Crippen molar-refractivity contribution in [2.75, 3.05) is 0 Å². The third-order valence-corrected chi connectivity index (χ3v) is 1.69. The fraction of sp³-hybridized carbons (Fsp3) is 0.222. The maximum absolute atomic E-state index is 12.8. The summed E-state index contributed by atoms with van der Waals surface area (Å²) in [5, 5.41) is 0. The van der Waals surface area contributed by atoms with Gasteiger partial charge in [-0.2, -0.15) is 22.0 Å². The molecule has 0 atom stereocenters. The smallest absolute Gasteiger partial charge is 0.238 e. The number of hydrogen-bond donors (Lipinski definition) is 0. The zero-order valence-corrected chi connectivity index (χ0v) is 7.15. The first-order valence-electron chi connectivity index (χ1n) is 3.71. The SMILES string of the molecule is [C-]#[N+]c1cccc(C(F)(F)C(F)(F)F)c1. The van der Waals surface area contributed by atoms with Gasteiger partial charge in [0.15, 0.2) is 5.69 Å². The first kappa shape index (κ1) is 11.4. The topological polar surface area (TPSA) is 4.36 Å². The Labute approximate surface area is 82.0 Å². The number of nitrogens with zero attached hydrogens (tertiary/aromatic N) is 1. The minimum atomic E-state index is -5.65. The van der Waals surface area contributed by atoms with E-state index in [1.54, 1.807) is 0 Å². The van der Waals surface area contributed by atoms with Crippen molar-refractivity contribution < 1.29 is 22.0 Å². The zero-order chi connectivity index (χ0) is 11.7. The summed E-state index contributed by atoms with van der Waals surface area (Å²) in [5.74, 6) is -4.92. The molecule has 0 spiro atoms. The Kier molecular flexibility index (Phi) is 2.67. The summed E-state index contributed by atoms with van der Waals surface area (Å²) in [6, 6.07) is 3.31. The maximum Gasteiger partial charge on any atom is 0.457 e. The molecule has 0 aliphatic heterocycles. The monoisotopic (exact) mass is 221 g/mol. The van der Waals surface area contributed by atoms with Crippen LogP contribution in [0.25, 0.3) is 4.85 Å². The molecule has 0 aliphatic carbocycles. The van der Waals surface area contributed by atoms with Gasteiger partial charge in [0.05, 0.1) is 6.57 Å². The van der Waals surface area contributed by atoms with Crippen LogP contribution in [0.2, 0.25) is 0 Å². The van der Waals surface area contributed by atoms with Crippen LogP contribution >= 0.6 is 0 Å². The molecular weight excluding hydrogens is 217 g/mol.